The average Bonchev–Trinajstić information content (AvgIpc) is 2.26. The molecule has 116 valence electrons. The summed E-state index contributed by atoms with van der Waals surface area (Å²) in [5.74, 6) is -2.53. The van der Waals surface area contributed by atoms with Crippen molar-refractivity contribution in [3.05, 3.63) is 0 Å². The van der Waals surface area contributed by atoms with Gasteiger partial charge in [0, 0.05) is 20.6 Å². The topological polar surface area (TPSA) is 150 Å². The SMILES string of the molecule is CN(C)S(=O)(=O)CCNC(=O)N(CC(N)=O)CC(=O)O. The zero-order valence-corrected chi connectivity index (χ0v) is 12.0. The summed E-state index contributed by atoms with van der Waals surface area (Å²) in [5, 5.41) is 10.8. The smallest absolute Gasteiger partial charge is 0.323 e. The van der Waals surface area contributed by atoms with Crippen LogP contribution < -0.4 is 11.1 Å². The van der Waals surface area contributed by atoms with Crippen LogP contribution in [0.25, 0.3) is 0 Å². The lowest BCUT2D eigenvalue weighted by Gasteiger charge is -2.19. The first-order valence-corrected chi connectivity index (χ1v) is 7.10. The van der Waals surface area contributed by atoms with Crippen LogP contribution in [-0.2, 0) is 19.6 Å². The minimum absolute atomic E-state index is 0.214. The van der Waals surface area contributed by atoms with E-state index in [9.17, 15) is 22.8 Å². The standard InChI is InChI=1S/C9H18N4O6S/c1-12(2)20(18,19)4-3-11-9(17)13(5-7(10)14)6-8(15)16/h3-6H2,1-2H3,(H2,10,14)(H,11,17)(H,15,16). The van der Waals surface area contributed by atoms with E-state index in [0.717, 1.165) is 4.31 Å². The number of primary amides is 1. The monoisotopic (exact) mass is 310 g/mol. The second kappa shape index (κ2) is 7.65. The number of carbonyl (C=O) groups excluding carboxylic acids is 2. The van der Waals surface area contributed by atoms with Gasteiger partial charge in [-0.3, -0.25) is 9.59 Å². The predicted molar refractivity (Wildman–Crippen MR) is 69.3 cm³/mol. The summed E-state index contributed by atoms with van der Waals surface area (Å²) >= 11 is 0. The van der Waals surface area contributed by atoms with Crippen LogP contribution in [-0.4, -0.2) is 80.1 Å². The number of sulfonamides is 1. The minimum Gasteiger partial charge on any atom is -0.480 e. The molecule has 0 bridgehead atoms. The molecular weight excluding hydrogens is 292 g/mol. The van der Waals surface area contributed by atoms with Crippen molar-refractivity contribution in [2.45, 2.75) is 0 Å². The van der Waals surface area contributed by atoms with Crippen molar-refractivity contribution in [3.8, 4) is 0 Å². The first kappa shape index (κ1) is 18.1. The number of hydrogen-bond acceptors (Lipinski definition) is 5. The summed E-state index contributed by atoms with van der Waals surface area (Å²) < 4.78 is 23.9. The summed E-state index contributed by atoms with van der Waals surface area (Å²) in [7, 11) is -0.777. The quantitative estimate of drug-likeness (QED) is 0.449. The van der Waals surface area contributed by atoms with Gasteiger partial charge in [0.05, 0.1) is 5.75 Å². The third-order valence-corrected chi connectivity index (χ3v) is 3.99. The zero-order valence-electron chi connectivity index (χ0n) is 11.2. The largest absolute Gasteiger partial charge is 0.480 e. The van der Waals surface area contributed by atoms with Crippen molar-refractivity contribution in [2.24, 2.45) is 5.73 Å². The molecule has 20 heavy (non-hydrogen) atoms. The lowest BCUT2D eigenvalue weighted by atomic mass is 10.4. The Labute approximate surface area is 116 Å². The molecular formula is C9H18N4O6S. The number of nitrogens with two attached hydrogens (primary N) is 1. The second-order valence-corrected chi connectivity index (χ2v) is 6.35. The van der Waals surface area contributed by atoms with E-state index in [1.807, 2.05) is 0 Å². The average molecular weight is 310 g/mol. The number of hydrogen-bond donors (Lipinski definition) is 3. The van der Waals surface area contributed by atoms with Crippen molar-refractivity contribution in [2.75, 3.05) is 39.5 Å². The molecule has 0 aromatic heterocycles. The fourth-order valence-corrected chi connectivity index (χ4v) is 1.86. The molecule has 0 aromatic rings. The molecule has 0 radical (unpaired) electrons. The lowest BCUT2D eigenvalue weighted by molar-refractivity contribution is -0.137. The number of amides is 3. The Kier molecular flexibility index (Phi) is 6.93. The Morgan fingerprint density at radius 1 is 1.20 bits per heavy atom. The number of nitrogens with zero attached hydrogens (tertiary/aromatic N) is 2. The summed E-state index contributed by atoms with van der Waals surface area (Å²) in [4.78, 5) is 33.5. The molecule has 0 heterocycles. The molecule has 11 heteroatoms. The maximum absolute atomic E-state index is 11.6. The van der Waals surface area contributed by atoms with Gasteiger partial charge in [0.1, 0.15) is 13.1 Å². The highest BCUT2D eigenvalue weighted by Crippen LogP contribution is 1.94. The Hall–Kier alpha value is -1.88. The fourth-order valence-electron chi connectivity index (χ4n) is 1.13. The number of nitrogens with one attached hydrogen (secondary N) is 1. The van der Waals surface area contributed by atoms with E-state index in [0.29, 0.717) is 4.90 Å². The summed E-state index contributed by atoms with van der Waals surface area (Å²) in [6.07, 6.45) is 0. The van der Waals surface area contributed by atoms with Crippen LogP contribution in [0.2, 0.25) is 0 Å². The number of aliphatic carboxylic acids is 1. The third kappa shape index (κ3) is 6.89. The van der Waals surface area contributed by atoms with Gasteiger partial charge in [-0.1, -0.05) is 0 Å². The van der Waals surface area contributed by atoms with Gasteiger partial charge in [-0.05, 0) is 0 Å². The fraction of sp³-hybridized carbons (Fsp3) is 0.667. The van der Waals surface area contributed by atoms with Crippen LogP contribution in [0, 0.1) is 0 Å². The van der Waals surface area contributed by atoms with Gasteiger partial charge in [0.25, 0.3) is 0 Å². The molecule has 0 atom stereocenters. The van der Waals surface area contributed by atoms with Gasteiger partial charge in [0.15, 0.2) is 0 Å². The lowest BCUT2D eigenvalue weighted by Crippen LogP contribution is -2.47. The van der Waals surface area contributed by atoms with Crippen LogP contribution >= 0.6 is 0 Å². The minimum atomic E-state index is -3.47. The summed E-state index contributed by atoms with van der Waals surface area (Å²) in [5.41, 5.74) is 4.89. The molecule has 0 fully saturated rings. The van der Waals surface area contributed by atoms with Gasteiger partial charge in [0.2, 0.25) is 15.9 Å². The zero-order chi connectivity index (χ0) is 15.9. The Morgan fingerprint density at radius 3 is 2.15 bits per heavy atom. The van der Waals surface area contributed by atoms with Gasteiger partial charge < -0.3 is 21.1 Å². The number of carboxylic acids is 1. The van der Waals surface area contributed by atoms with Crippen molar-refractivity contribution in [1.82, 2.24) is 14.5 Å². The van der Waals surface area contributed by atoms with E-state index in [1.165, 1.54) is 14.1 Å². The van der Waals surface area contributed by atoms with Gasteiger partial charge in [-0.25, -0.2) is 17.5 Å². The highest BCUT2D eigenvalue weighted by Gasteiger charge is 2.20. The molecule has 10 nitrogen and oxygen atoms in total. The molecule has 0 saturated heterocycles. The maximum atomic E-state index is 11.6. The number of carboxylic acid groups (broad SMARTS) is 1. The van der Waals surface area contributed by atoms with Gasteiger partial charge in [-0.2, -0.15) is 0 Å². The highest BCUT2D eigenvalue weighted by molar-refractivity contribution is 7.89. The van der Waals surface area contributed by atoms with E-state index < -0.39 is 41.0 Å². The molecule has 0 aromatic carbocycles. The van der Waals surface area contributed by atoms with Crippen molar-refractivity contribution >= 4 is 27.9 Å². The molecule has 0 saturated carbocycles. The molecule has 0 spiro atoms. The van der Waals surface area contributed by atoms with Crippen LogP contribution in [0.5, 0.6) is 0 Å². The van der Waals surface area contributed by atoms with Crippen LogP contribution in [0.1, 0.15) is 0 Å². The molecule has 0 unspecified atom stereocenters. The van der Waals surface area contributed by atoms with E-state index in [4.69, 9.17) is 10.8 Å². The van der Waals surface area contributed by atoms with E-state index in [-0.39, 0.29) is 12.3 Å². The highest BCUT2D eigenvalue weighted by atomic mass is 32.2. The normalized spacial score (nSPS) is 11.2. The molecule has 3 amide bonds. The number of urea groups is 1. The molecule has 0 aliphatic rings. The molecule has 0 aliphatic carbocycles. The number of rotatable bonds is 8. The Balaban J connectivity index is 4.47. The molecule has 4 N–H and O–H groups in total. The number of carbonyl (C=O) groups is 3. The first-order valence-electron chi connectivity index (χ1n) is 5.49. The van der Waals surface area contributed by atoms with Crippen LogP contribution in [0.4, 0.5) is 4.79 Å². The van der Waals surface area contributed by atoms with Crippen LogP contribution in [0.3, 0.4) is 0 Å². The van der Waals surface area contributed by atoms with Crippen LogP contribution in [0.15, 0.2) is 0 Å². The molecule has 0 aliphatic heterocycles. The first-order chi connectivity index (χ1) is 9.06. The van der Waals surface area contributed by atoms with Gasteiger partial charge in [-0.15, -0.1) is 0 Å². The van der Waals surface area contributed by atoms with Crippen molar-refractivity contribution in [1.29, 1.82) is 0 Å². The second-order valence-electron chi connectivity index (χ2n) is 4.05. The van der Waals surface area contributed by atoms with Crippen molar-refractivity contribution in [3.63, 3.8) is 0 Å². The van der Waals surface area contributed by atoms with E-state index in [1.54, 1.807) is 0 Å². The van der Waals surface area contributed by atoms with E-state index in [2.05, 4.69) is 5.32 Å². The van der Waals surface area contributed by atoms with Crippen molar-refractivity contribution < 1.29 is 27.9 Å². The van der Waals surface area contributed by atoms with Gasteiger partial charge >= 0.3 is 12.0 Å². The maximum Gasteiger partial charge on any atom is 0.323 e. The predicted octanol–water partition coefficient (Wildman–Crippen LogP) is -2.54. The Morgan fingerprint density at radius 2 is 1.75 bits per heavy atom. The Bertz CT molecular complexity index is 459. The molecule has 0 rings (SSSR count). The summed E-state index contributed by atoms with van der Waals surface area (Å²) in [6.45, 7) is -1.50. The summed E-state index contributed by atoms with van der Waals surface area (Å²) in [6, 6.07) is -0.875. The third-order valence-electron chi connectivity index (χ3n) is 2.15. The van der Waals surface area contributed by atoms with E-state index >= 15 is 0 Å².